The van der Waals surface area contributed by atoms with Crippen molar-refractivity contribution in [2.75, 3.05) is 18.5 Å². The standard InChI is InChI=1S/C19H21NO3S/c1-2-18(24-13-14-6-4-3-5-7-14)19(21)20-15-8-9-16-17(12-15)23-11-10-22-16/h3-9,12,18H,2,10-11,13H2,1H3,(H,20,21). The third-order valence-electron chi connectivity index (χ3n) is 3.77. The van der Waals surface area contributed by atoms with Gasteiger partial charge < -0.3 is 14.8 Å². The lowest BCUT2D eigenvalue weighted by Crippen LogP contribution is -2.25. The molecule has 1 heterocycles. The van der Waals surface area contributed by atoms with Gasteiger partial charge in [-0.05, 0) is 24.1 Å². The van der Waals surface area contributed by atoms with Crippen LogP contribution in [-0.4, -0.2) is 24.4 Å². The fourth-order valence-corrected chi connectivity index (χ4v) is 3.53. The van der Waals surface area contributed by atoms with Gasteiger partial charge >= 0.3 is 0 Å². The van der Waals surface area contributed by atoms with Crippen LogP contribution in [-0.2, 0) is 10.5 Å². The predicted octanol–water partition coefficient (Wildman–Crippen LogP) is 4.11. The molecule has 5 heteroatoms. The molecule has 2 aromatic carbocycles. The number of nitrogens with one attached hydrogen (secondary N) is 1. The van der Waals surface area contributed by atoms with Gasteiger partial charge in [-0.3, -0.25) is 4.79 Å². The number of hydrogen-bond acceptors (Lipinski definition) is 4. The molecule has 0 bridgehead atoms. The molecular formula is C19H21NO3S. The second kappa shape index (κ2) is 8.11. The number of fused-ring (bicyclic) bond motifs is 1. The van der Waals surface area contributed by atoms with Crippen LogP contribution in [0.3, 0.4) is 0 Å². The Morgan fingerprint density at radius 3 is 2.62 bits per heavy atom. The van der Waals surface area contributed by atoms with Gasteiger partial charge in [0, 0.05) is 17.5 Å². The van der Waals surface area contributed by atoms with E-state index in [-0.39, 0.29) is 11.2 Å². The topological polar surface area (TPSA) is 47.6 Å². The molecule has 0 aromatic heterocycles. The highest BCUT2D eigenvalue weighted by Crippen LogP contribution is 2.33. The van der Waals surface area contributed by atoms with Crippen LogP contribution in [0, 0.1) is 0 Å². The molecule has 4 nitrogen and oxygen atoms in total. The van der Waals surface area contributed by atoms with Gasteiger partial charge in [-0.25, -0.2) is 0 Å². The van der Waals surface area contributed by atoms with Gasteiger partial charge in [-0.1, -0.05) is 37.3 Å². The molecule has 24 heavy (non-hydrogen) atoms. The Hall–Kier alpha value is -2.14. The van der Waals surface area contributed by atoms with Crippen molar-refractivity contribution in [1.82, 2.24) is 0 Å². The number of ether oxygens (including phenoxy) is 2. The summed E-state index contributed by atoms with van der Waals surface area (Å²) in [5, 5.41) is 2.90. The molecule has 1 aliphatic heterocycles. The predicted molar refractivity (Wildman–Crippen MR) is 97.9 cm³/mol. The maximum absolute atomic E-state index is 12.5. The number of hydrogen-bond donors (Lipinski definition) is 1. The Bertz CT molecular complexity index is 690. The summed E-state index contributed by atoms with van der Waals surface area (Å²) >= 11 is 1.66. The summed E-state index contributed by atoms with van der Waals surface area (Å²) in [6.45, 7) is 3.13. The van der Waals surface area contributed by atoms with E-state index in [1.165, 1.54) is 5.56 Å². The lowest BCUT2D eigenvalue weighted by atomic mass is 10.2. The lowest BCUT2D eigenvalue weighted by molar-refractivity contribution is -0.115. The second-order valence-corrected chi connectivity index (χ2v) is 6.73. The van der Waals surface area contributed by atoms with E-state index in [0.29, 0.717) is 19.0 Å². The Morgan fingerprint density at radius 1 is 1.12 bits per heavy atom. The zero-order chi connectivity index (χ0) is 16.8. The van der Waals surface area contributed by atoms with Crippen LogP contribution in [0.4, 0.5) is 5.69 Å². The summed E-state index contributed by atoms with van der Waals surface area (Å²) in [7, 11) is 0. The van der Waals surface area contributed by atoms with Crippen LogP contribution in [0.25, 0.3) is 0 Å². The molecule has 1 atom stereocenters. The molecule has 126 valence electrons. The number of carbonyl (C=O) groups excluding carboxylic acids is 1. The minimum absolute atomic E-state index is 0.0232. The van der Waals surface area contributed by atoms with Crippen LogP contribution >= 0.6 is 11.8 Å². The third kappa shape index (κ3) is 4.23. The maximum Gasteiger partial charge on any atom is 0.237 e. The number of carbonyl (C=O) groups is 1. The average Bonchev–Trinajstić information content (AvgIpc) is 2.63. The van der Waals surface area contributed by atoms with E-state index >= 15 is 0 Å². The lowest BCUT2D eigenvalue weighted by Gasteiger charge is -2.20. The van der Waals surface area contributed by atoms with Crippen molar-refractivity contribution in [3.63, 3.8) is 0 Å². The largest absolute Gasteiger partial charge is 0.486 e. The van der Waals surface area contributed by atoms with Crippen LogP contribution in [0.15, 0.2) is 48.5 Å². The van der Waals surface area contributed by atoms with Crippen LogP contribution < -0.4 is 14.8 Å². The zero-order valence-corrected chi connectivity index (χ0v) is 14.5. The highest BCUT2D eigenvalue weighted by molar-refractivity contribution is 7.99. The zero-order valence-electron chi connectivity index (χ0n) is 13.7. The first-order valence-electron chi connectivity index (χ1n) is 8.12. The summed E-state index contributed by atoms with van der Waals surface area (Å²) in [5.41, 5.74) is 1.97. The van der Waals surface area contributed by atoms with Gasteiger partial charge in [0.25, 0.3) is 0 Å². The number of rotatable bonds is 6. The summed E-state index contributed by atoms with van der Waals surface area (Å²) < 4.78 is 11.1. The number of thioether (sulfide) groups is 1. The van der Waals surface area contributed by atoms with E-state index in [1.807, 2.05) is 43.3 Å². The van der Waals surface area contributed by atoms with E-state index in [4.69, 9.17) is 9.47 Å². The van der Waals surface area contributed by atoms with Crippen LogP contribution in [0.2, 0.25) is 0 Å². The molecular weight excluding hydrogens is 322 g/mol. The monoisotopic (exact) mass is 343 g/mol. The second-order valence-electron chi connectivity index (χ2n) is 5.54. The molecule has 0 saturated carbocycles. The highest BCUT2D eigenvalue weighted by Gasteiger charge is 2.18. The molecule has 0 saturated heterocycles. The van der Waals surface area contributed by atoms with Crippen molar-refractivity contribution in [1.29, 1.82) is 0 Å². The number of amides is 1. The van der Waals surface area contributed by atoms with Crippen LogP contribution in [0.1, 0.15) is 18.9 Å². The first-order valence-corrected chi connectivity index (χ1v) is 9.17. The molecule has 2 aromatic rings. The molecule has 1 amide bonds. The van der Waals surface area contributed by atoms with Crippen molar-refractivity contribution in [2.24, 2.45) is 0 Å². The summed E-state index contributed by atoms with van der Waals surface area (Å²) in [6.07, 6.45) is 0.786. The summed E-state index contributed by atoms with van der Waals surface area (Å²) in [6, 6.07) is 15.7. The Balaban J connectivity index is 1.60. The third-order valence-corrected chi connectivity index (χ3v) is 5.22. The fraction of sp³-hybridized carbons (Fsp3) is 0.316. The molecule has 1 N–H and O–H groups in total. The molecule has 0 aliphatic carbocycles. The smallest absolute Gasteiger partial charge is 0.237 e. The summed E-state index contributed by atoms with van der Waals surface area (Å²) in [5.74, 6) is 2.26. The van der Waals surface area contributed by atoms with Gasteiger partial charge in [0.05, 0.1) is 5.25 Å². The van der Waals surface area contributed by atoms with Crippen molar-refractivity contribution in [2.45, 2.75) is 24.3 Å². The quantitative estimate of drug-likeness (QED) is 0.857. The van der Waals surface area contributed by atoms with E-state index in [1.54, 1.807) is 11.8 Å². The highest BCUT2D eigenvalue weighted by atomic mass is 32.2. The van der Waals surface area contributed by atoms with Crippen molar-refractivity contribution in [3.05, 3.63) is 54.1 Å². The van der Waals surface area contributed by atoms with Gasteiger partial charge in [0.2, 0.25) is 5.91 Å². The van der Waals surface area contributed by atoms with Crippen LogP contribution in [0.5, 0.6) is 11.5 Å². The van der Waals surface area contributed by atoms with Gasteiger partial charge in [-0.15, -0.1) is 11.8 Å². The van der Waals surface area contributed by atoms with Crippen molar-refractivity contribution in [3.8, 4) is 11.5 Å². The van der Waals surface area contributed by atoms with Crippen molar-refractivity contribution >= 4 is 23.4 Å². The fourth-order valence-electron chi connectivity index (χ4n) is 2.49. The van der Waals surface area contributed by atoms with E-state index in [2.05, 4.69) is 17.4 Å². The normalized spacial score (nSPS) is 14.0. The maximum atomic E-state index is 12.5. The molecule has 1 unspecified atom stereocenters. The minimum atomic E-state index is -0.0848. The molecule has 0 spiro atoms. The SMILES string of the molecule is CCC(SCc1ccccc1)C(=O)Nc1ccc2c(c1)OCCO2. The minimum Gasteiger partial charge on any atom is -0.486 e. The van der Waals surface area contributed by atoms with Gasteiger partial charge in [-0.2, -0.15) is 0 Å². The molecule has 0 radical (unpaired) electrons. The summed E-state index contributed by atoms with van der Waals surface area (Å²) in [4.78, 5) is 12.5. The first kappa shape index (κ1) is 16.7. The van der Waals surface area contributed by atoms with E-state index < -0.39 is 0 Å². The number of benzene rings is 2. The van der Waals surface area contributed by atoms with E-state index in [0.717, 1.165) is 23.6 Å². The van der Waals surface area contributed by atoms with Gasteiger partial charge in [0.1, 0.15) is 13.2 Å². The van der Waals surface area contributed by atoms with E-state index in [9.17, 15) is 4.79 Å². The Kier molecular flexibility index (Phi) is 5.64. The average molecular weight is 343 g/mol. The Morgan fingerprint density at radius 2 is 1.88 bits per heavy atom. The molecule has 0 fully saturated rings. The number of anilines is 1. The first-order chi connectivity index (χ1) is 11.8. The Labute approximate surface area is 146 Å². The molecule has 3 rings (SSSR count). The molecule has 1 aliphatic rings. The van der Waals surface area contributed by atoms with Gasteiger partial charge in [0.15, 0.2) is 11.5 Å². The van der Waals surface area contributed by atoms with Crippen molar-refractivity contribution < 1.29 is 14.3 Å².